The zero-order chi connectivity index (χ0) is 14.6. The van der Waals surface area contributed by atoms with Crippen LogP contribution in [0, 0.1) is 10.1 Å². The van der Waals surface area contributed by atoms with Crippen LogP contribution in [0.5, 0.6) is 0 Å². The Hall–Kier alpha value is -1.67. The van der Waals surface area contributed by atoms with Crippen LogP contribution in [0.2, 0.25) is 0 Å². The van der Waals surface area contributed by atoms with Gasteiger partial charge in [-0.3, -0.25) is 10.1 Å². The van der Waals surface area contributed by atoms with Gasteiger partial charge in [-0.05, 0) is 18.6 Å². The summed E-state index contributed by atoms with van der Waals surface area (Å²) < 4.78 is 25.6. The van der Waals surface area contributed by atoms with E-state index in [4.69, 9.17) is 5.73 Å². The molecule has 0 aliphatic rings. The summed E-state index contributed by atoms with van der Waals surface area (Å²) in [5.41, 5.74) is 5.11. The molecule has 0 aromatic heterocycles. The Labute approximate surface area is 112 Å². The molecule has 0 heterocycles. The first-order valence-corrected chi connectivity index (χ1v) is 7.25. The fourth-order valence-corrected chi connectivity index (χ4v) is 2.91. The summed E-state index contributed by atoms with van der Waals surface area (Å²) in [5, 5.41) is 10.9. The van der Waals surface area contributed by atoms with Gasteiger partial charge in [-0.15, -0.1) is 0 Å². The number of unbranched alkanes of at least 4 members (excludes halogenated alkanes) is 1. The van der Waals surface area contributed by atoms with E-state index in [9.17, 15) is 18.5 Å². The average Bonchev–Trinajstić information content (AvgIpc) is 2.35. The lowest BCUT2D eigenvalue weighted by Crippen LogP contribution is -2.28. The molecular weight excluding hydrogens is 270 g/mol. The van der Waals surface area contributed by atoms with E-state index in [2.05, 4.69) is 0 Å². The Morgan fingerprint density at radius 1 is 1.42 bits per heavy atom. The molecule has 0 atom stereocenters. The third-order valence-electron chi connectivity index (χ3n) is 2.69. The first-order valence-electron chi connectivity index (χ1n) is 5.81. The van der Waals surface area contributed by atoms with Gasteiger partial charge in [0.1, 0.15) is 0 Å². The van der Waals surface area contributed by atoms with Crippen LogP contribution in [0.25, 0.3) is 0 Å². The predicted molar refractivity (Wildman–Crippen MR) is 72.2 cm³/mol. The molecule has 8 heteroatoms. The minimum atomic E-state index is -3.87. The summed E-state index contributed by atoms with van der Waals surface area (Å²) in [5.74, 6) is 0. The minimum Gasteiger partial charge on any atom is -0.399 e. The van der Waals surface area contributed by atoms with Gasteiger partial charge in [0.2, 0.25) is 10.0 Å². The zero-order valence-corrected chi connectivity index (χ0v) is 11.7. The highest BCUT2D eigenvalue weighted by atomic mass is 32.2. The highest BCUT2D eigenvalue weighted by molar-refractivity contribution is 7.89. The fourth-order valence-electron chi connectivity index (χ4n) is 1.56. The van der Waals surface area contributed by atoms with Crippen LogP contribution in [-0.2, 0) is 10.0 Å². The number of sulfonamides is 1. The molecule has 0 spiro atoms. The molecule has 0 amide bonds. The molecule has 0 fully saturated rings. The Kier molecular flexibility index (Phi) is 4.84. The Bertz CT molecular complexity index is 571. The second-order valence-corrected chi connectivity index (χ2v) is 6.18. The first-order chi connectivity index (χ1) is 8.80. The van der Waals surface area contributed by atoms with Gasteiger partial charge in [0.05, 0.1) is 4.92 Å². The lowest BCUT2D eigenvalue weighted by molar-refractivity contribution is -0.387. The highest BCUT2D eigenvalue weighted by Crippen LogP contribution is 2.28. The molecule has 0 radical (unpaired) electrons. The molecule has 0 aliphatic heterocycles. The second kappa shape index (κ2) is 5.98. The monoisotopic (exact) mass is 287 g/mol. The maximum atomic E-state index is 12.3. The zero-order valence-electron chi connectivity index (χ0n) is 10.9. The third kappa shape index (κ3) is 3.42. The molecular formula is C11H17N3O4S. The van der Waals surface area contributed by atoms with Crippen molar-refractivity contribution in [3.63, 3.8) is 0 Å². The number of hydrogen-bond donors (Lipinski definition) is 1. The number of anilines is 1. The van der Waals surface area contributed by atoms with E-state index < -0.39 is 20.6 Å². The van der Waals surface area contributed by atoms with Gasteiger partial charge in [-0.1, -0.05) is 13.3 Å². The van der Waals surface area contributed by atoms with Gasteiger partial charge in [-0.2, -0.15) is 0 Å². The van der Waals surface area contributed by atoms with Gasteiger partial charge in [0.25, 0.3) is 5.69 Å². The highest BCUT2D eigenvalue weighted by Gasteiger charge is 2.29. The van der Waals surface area contributed by atoms with Crippen LogP contribution in [0.4, 0.5) is 11.4 Å². The summed E-state index contributed by atoms with van der Waals surface area (Å²) in [4.78, 5) is 9.86. The molecule has 19 heavy (non-hydrogen) atoms. The maximum Gasteiger partial charge on any atom is 0.291 e. The Morgan fingerprint density at radius 3 is 2.58 bits per heavy atom. The van der Waals surface area contributed by atoms with Crippen LogP contribution in [0.1, 0.15) is 19.8 Å². The van der Waals surface area contributed by atoms with Crippen molar-refractivity contribution in [1.29, 1.82) is 0 Å². The molecule has 1 aromatic rings. The van der Waals surface area contributed by atoms with Crippen molar-refractivity contribution < 1.29 is 13.3 Å². The molecule has 0 bridgehead atoms. The summed E-state index contributed by atoms with van der Waals surface area (Å²) in [6, 6.07) is 3.57. The molecule has 0 aliphatic carbocycles. The lowest BCUT2D eigenvalue weighted by Gasteiger charge is -2.16. The molecule has 7 nitrogen and oxygen atoms in total. The van der Waals surface area contributed by atoms with Crippen LogP contribution >= 0.6 is 0 Å². The summed E-state index contributed by atoms with van der Waals surface area (Å²) in [7, 11) is -2.46. The van der Waals surface area contributed by atoms with E-state index in [-0.39, 0.29) is 10.6 Å². The SMILES string of the molecule is CCCCN(C)S(=O)(=O)c1ccc(N)cc1[N+](=O)[O-]. The van der Waals surface area contributed by atoms with Crippen LogP contribution in [0.3, 0.4) is 0 Å². The molecule has 106 valence electrons. The van der Waals surface area contributed by atoms with Gasteiger partial charge in [0, 0.05) is 25.3 Å². The Morgan fingerprint density at radius 2 is 2.05 bits per heavy atom. The van der Waals surface area contributed by atoms with E-state index >= 15 is 0 Å². The van der Waals surface area contributed by atoms with Gasteiger partial charge in [0.15, 0.2) is 4.90 Å². The predicted octanol–water partition coefficient (Wildman–Crippen LogP) is 1.60. The van der Waals surface area contributed by atoms with Crippen LogP contribution in [0.15, 0.2) is 23.1 Å². The standard InChI is InChI=1S/C11H17N3O4S/c1-3-4-7-13(2)19(17,18)11-6-5-9(12)8-10(11)14(15)16/h5-6,8H,3-4,7,12H2,1-2H3. The molecule has 2 N–H and O–H groups in total. The quantitative estimate of drug-likeness (QED) is 0.486. The fraction of sp³-hybridized carbons (Fsp3) is 0.455. The van der Waals surface area contributed by atoms with Crippen molar-refractivity contribution in [2.24, 2.45) is 0 Å². The molecule has 0 saturated carbocycles. The summed E-state index contributed by atoms with van der Waals surface area (Å²) >= 11 is 0. The van der Waals surface area contributed by atoms with Gasteiger partial charge in [-0.25, -0.2) is 12.7 Å². The van der Waals surface area contributed by atoms with Crippen molar-refractivity contribution >= 4 is 21.4 Å². The number of nitro groups is 1. The summed E-state index contributed by atoms with van der Waals surface area (Å²) in [6.45, 7) is 2.26. The lowest BCUT2D eigenvalue weighted by atomic mass is 10.3. The molecule has 0 unspecified atom stereocenters. The third-order valence-corrected chi connectivity index (χ3v) is 4.60. The van der Waals surface area contributed by atoms with Crippen LogP contribution < -0.4 is 5.73 Å². The number of nitrogen functional groups attached to an aromatic ring is 1. The second-order valence-electron chi connectivity index (χ2n) is 4.16. The molecule has 1 rings (SSSR count). The van der Waals surface area contributed by atoms with E-state index in [1.165, 1.54) is 19.2 Å². The average molecular weight is 287 g/mol. The van der Waals surface area contributed by atoms with Crippen molar-refractivity contribution in [2.75, 3.05) is 19.3 Å². The molecule has 1 aromatic carbocycles. The van der Waals surface area contributed by atoms with Crippen LogP contribution in [-0.4, -0.2) is 31.2 Å². The maximum absolute atomic E-state index is 12.3. The number of nitrogens with two attached hydrogens (primary N) is 1. The van der Waals surface area contributed by atoms with Gasteiger partial charge >= 0.3 is 0 Å². The van der Waals surface area contributed by atoms with Crippen molar-refractivity contribution in [1.82, 2.24) is 4.31 Å². The van der Waals surface area contributed by atoms with E-state index in [0.29, 0.717) is 13.0 Å². The first kappa shape index (κ1) is 15.4. The largest absolute Gasteiger partial charge is 0.399 e. The summed E-state index contributed by atoms with van der Waals surface area (Å²) in [6.07, 6.45) is 1.53. The number of benzene rings is 1. The number of hydrogen-bond acceptors (Lipinski definition) is 5. The minimum absolute atomic E-state index is 0.155. The number of nitrogens with zero attached hydrogens (tertiary/aromatic N) is 2. The van der Waals surface area contributed by atoms with E-state index in [1.807, 2.05) is 6.92 Å². The smallest absolute Gasteiger partial charge is 0.291 e. The Balaban J connectivity index is 3.25. The van der Waals surface area contributed by atoms with E-state index in [0.717, 1.165) is 16.8 Å². The normalized spacial score (nSPS) is 11.7. The van der Waals surface area contributed by atoms with Crippen molar-refractivity contribution in [3.8, 4) is 0 Å². The van der Waals surface area contributed by atoms with Gasteiger partial charge < -0.3 is 5.73 Å². The number of rotatable bonds is 6. The topological polar surface area (TPSA) is 107 Å². The molecule has 0 saturated heterocycles. The van der Waals surface area contributed by atoms with Crippen molar-refractivity contribution in [2.45, 2.75) is 24.7 Å². The van der Waals surface area contributed by atoms with Crippen molar-refractivity contribution in [3.05, 3.63) is 28.3 Å². The van der Waals surface area contributed by atoms with E-state index in [1.54, 1.807) is 0 Å². The number of nitro benzene ring substituents is 1.